The maximum atomic E-state index is 9.93. The van der Waals surface area contributed by atoms with Gasteiger partial charge in [0.1, 0.15) is 0 Å². The summed E-state index contributed by atoms with van der Waals surface area (Å²) in [5.41, 5.74) is 0.904. The Kier molecular flexibility index (Phi) is 3.48. The molecule has 0 bridgehead atoms. The topological polar surface area (TPSA) is 38.1 Å². The van der Waals surface area contributed by atoms with Gasteiger partial charge in [-0.25, -0.2) is 4.98 Å². The molecule has 0 spiro atoms. The fourth-order valence-corrected chi connectivity index (χ4v) is 1.56. The number of aliphatic hydroxyl groups excluding tert-OH is 1. The third kappa shape index (κ3) is 2.31. The molecule has 0 aliphatic carbocycles. The van der Waals surface area contributed by atoms with Crippen molar-refractivity contribution in [2.24, 2.45) is 13.0 Å². The van der Waals surface area contributed by atoms with E-state index >= 15 is 0 Å². The van der Waals surface area contributed by atoms with Gasteiger partial charge in [0.05, 0.1) is 24.3 Å². The van der Waals surface area contributed by atoms with E-state index in [-0.39, 0.29) is 6.10 Å². The highest BCUT2D eigenvalue weighted by molar-refractivity contribution is 5.02. The van der Waals surface area contributed by atoms with Crippen molar-refractivity contribution in [1.82, 2.24) is 9.55 Å². The second-order valence-electron chi connectivity index (χ2n) is 3.64. The third-order valence-corrected chi connectivity index (χ3v) is 2.44. The van der Waals surface area contributed by atoms with Crippen molar-refractivity contribution in [3.63, 3.8) is 0 Å². The Morgan fingerprint density at radius 2 is 2.31 bits per heavy atom. The summed E-state index contributed by atoms with van der Waals surface area (Å²) in [6, 6.07) is 0. The number of nitrogens with zero attached hydrogens (tertiary/aromatic N) is 2. The number of aromatic nitrogens is 2. The highest BCUT2D eigenvalue weighted by Gasteiger charge is 2.17. The Bertz CT molecular complexity index is 257. The van der Waals surface area contributed by atoms with E-state index in [1.54, 1.807) is 12.5 Å². The number of imidazole rings is 1. The highest BCUT2D eigenvalue weighted by atomic mass is 16.3. The molecule has 0 fully saturated rings. The minimum atomic E-state index is -0.382. The van der Waals surface area contributed by atoms with Gasteiger partial charge in [0.2, 0.25) is 0 Å². The molecule has 3 heteroatoms. The lowest BCUT2D eigenvalue weighted by Crippen LogP contribution is -2.12. The summed E-state index contributed by atoms with van der Waals surface area (Å²) in [6.45, 7) is 4.20. The summed E-state index contributed by atoms with van der Waals surface area (Å²) in [5.74, 6) is 0.306. The van der Waals surface area contributed by atoms with Gasteiger partial charge in [0.25, 0.3) is 0 Å². The summed E-state index contributed by atoms with van der Waals surface area (Å²) in [6.07, 6.45) is 5.23. The number of aliphatic hydroxyl groups is 1. The molecule has 0 radical (unpaired) electrons. The maximum absolute atomic E-state index is 9.93. The lowest BCUT2D eigenvalue weighted by atomic mass is 9.97. The monoisotopic (exact) mass is 182 g/mol. The van der Waals surface area contributed by atoms with Crippen LogP contribution in [0, 0.1) is 5.92 Å². The molecule has 1 heterocycles. The Balaban J connectivity index is 2.67. The molecule has 74 valence electrons. The van der Waals surface area contributed by atoms with Gasteiger partial charge < -0.3 is 9.67 Å². The summed E-state index contributed by atoms with van der Waals surface area (Å²) >= 11 is 0. The van der Waals surface area contributed by atoms with Crippen LogP contribution in [-0.2, 0) is 7.05 Å². The van der Waals surface area contributed by atoms with Crippen molar-refractivity contribution in [3.8, 4) is 0 Å². The molecule has 0 aliphatic rings. The lowest BCUT2D eigenvalue weighted by molar-refractivity contribution is 0.105. The average Bonchev–Trinajstić information content (AvgIpc) is 2.50. The van der Waals surface area contributed by atoms with Gasteiger partial charge in [-0.2, -0.15) is 0 Å². The Morgan fingerprint density at radius 1 is 1.62 bits per heavy atom. The molecule has 1 aromatic rings. The van der Waals surface area contributed by atoms with Crippen LogP contribution in [0.3, 0.4) is 0 Å². The molecule has 1 aromatic heterocycles. The van der Waals surface area contributed by atoms with Crippen LogP contribution in [0.5, 0.6) is 0 Å². The predicted molar refractivity (Wildman–Crippen MR) is 52.2 cm³/mol. The van der Waals surface area contributed by atoms with Crippen molar-refractivity contribution in [2.75, 3.05) is 0 Å². The summed E-state index contributed by atoms with van der Waals surface area (Å²) in [4.78, 5) is 3.99. The zero-order valence-electron chi connectivity index (χ0n) is 8.57. The van der Waals surface area contributed by atoms with E-state index < -0.39 is 0 Å². The summed E-state index contributed by atoms with van der Waals surface area (Å²) in [7, 11) is 1.91. The van der Waals surface area contributed by atoms with Gasteiger partial charge in [0.15, 0.2) is 0 Å². The number of aryl methyl sites for hydroxylation is 1. The molecule has 0 amide bonds. The lowest BCUT2D eigenvalue weighted by Gasteiger charge is -2.18. The van der Waals surface area contributed by atoms with Crippen molar-refractivity contribution in [1.29, 1.82) is 0 Å². The minimum absolute atomic E-state index is 0.306. The van der Waals surface area contributed by atoms with Gasteiger partial charge in [-0.3, -0.25) is 0 Å². The van der Waals surface area contributed by atoms with Gasteiger partial charge in [-0.15, -0.1) is 0 Å². The number of hydrogen-bond donors (Lipinski definition) is 1. The molecule has 1 rings (SSSR count). The van der Waals surface area contributed by atoms with Crippen LogP contribution in [0.1, 0.15) is 38.5 Å². The molecule has 2 unspecified atom stereocenters. The van der Waals surface area contributed by atoms with Gasteiger partial charge in [-0.1, -0.05) is 20.3 Å². The number of rotatable bonds is 4. The normalized spacial score (nSPS) is 15.7. The molecule has 0 saturated heterocycles. The first-order chi connectivity index (χ1) is 6.16. The average molecular weight is 182 g/mol. The highest BCUT2D eigenvalue weighted by Crippen LogP contribution is 2.24. The van der Waals surface area contributed by atoms with E-state index in [1.807, 2.05) is 11.6 Å². The Labute approximate surface area is 79.4 Å². The van der Waals surface area contributed by atoms with Crippen LogP contribution in [0.25, 0.3) is 0 Å². The van der Waals surface area contributed by atoms with Crippen molar-refractivity contribution in [3.05, 3.63) is 18.2 Å². The fraction of sp³-hybridized carbons (Fsp3) is 0.700. The summed E-state index contributed by atoms with van der Waals surface area (Å²) < 4.78 is 1.87. The first-order valence-electron chi connectivity index (χ1n) is 4.81. The maximum Gasteiger partial charge on any atom is 0.0981 e. The first-order valence-corrected chi connectivity index (χ1v) is 4.81. The molecular formula is C10H18N2O. The Morgan fingerprint density at radius 3 is 2.77 bits per heavy atom. The quantitative estimate of drug-likeness (QED) is 0.772. The van der Waals surface area contributed by atoms with Crippen LogP contribution >= 0.6 is 0 Å². The van der Waals surface area contributed by atoms with Crippen LogP contribution in [-0.4, -0.2) is 14.7 Å². The summed E-state index contributed by atoms with van der Waals surface area (Å²) in [5, 5.41) is 9.93. The van der Waals surface area contributed by atoms with E-state index in [0.29, 0.717) is 5.92 Å². The second kappa shape index (κ2) is 4.42. The minimum Gasteiger partial charge on any atom is -0.387 e. The van der Waals surface area contributed by atoms with E-state index in [4.69, 9.17) is 0 Å². The van der Waals surface area contributed by atoms with Crippen LogP contribution in [0.15, 0.2) is 12.5 Å². The predicted octanol–water partition coefficient (Wildman–Crippen LogP) is 1.89. The first kappa shape index (κ1) is 10.3. The van der Waals surface area contributed by atoms with Crippen LogP contribution in [0.2, 0.25) is 0 Å². The molecule has 0 aromatic carbocycles. The molecule has 1 N–H and O–H groups in total. The molecule has 3 nitrogen and oxygen atoms in total. The zero-order valence-corrected chi connectivity index (χ0v) is 8.57. The zero-order chi connectivity index (χ0) is 9.84. The molecule has 0 aliphatic heterocycles. The second-order valence-corrected chi connectivity index (χ2v) is 3.64. The third-order valence-electron chi connectivity index (χ3n) is 2.44. The van der Waals surface area contributed by atoms with Crippen molar-refractivity contribution in [2.45, 2.75) is 32.8 Å². The molecular weight excluding hydrogens is 164 g/mol. The van der Waals surface area contributed by atoms with E-state index in [0.717, 1.165) is 18.5 Å². The van der Waals surface area contributed by atoms with E-state index in [1.165, 1.54) is 0 Å². The fourth-order valence-electron chi connectivity index (χ4n) is 1.56. The van der Waals surface area contributed by atoms with Gasteiger partial charge >= 0.3 is 0 Å². The molecule has 2 atom stereocenters. The Hall–Kier alpha value is -0.830. The SMILES string of the molecule is CCCC(C)C(O)c1cncn1C. The van der Waals surface area contributed by atoms with E-state index in [9.17, 15) is 5.11 Å². The molecule has 13 heavy (non-hydrogen) atoms. The molecule has 0 saturated carbocycles. The number of hydrogen-bond acceptors (Lipinski definition) is 2. The largest absolute Gasteiger partial charge is 0.387 e. The van der Waals surface area contributed by atoms with Gasteiger partial charge in [0, 0.05) is 7.05 Å². The van der Waals surface area contributed by atoms with Crippen LogP contribution in [0.4, 0.5) is 0 Å². The van der Waals surface area contributed by atoms with Crippen molar-refractivity contribution >= 4 is 0 Å². The van der Waals surface area contributed by atoms with Crippen molar-refractivity contribution < 1.29 is 5.11 Å². The van der Waals surface area contributed by atoms with Crippen LogP contribution < -0.4 is 0 Å². The standard InChI is InChI=1S/C10H18N2O/c1-4-5-8(2)10(13)9-6-11-7-12(9)3/h6-8,10,13H,4-5H2,1-3H3. The van der Waals surface area contributed by atoms with Gasteiger partial charge in [-0.05, 0) is 12.3 Å². The van der Waals surface area contributed by atoms with E-state index in [2.05, 4.69) is 18.8 Å². The smallest absolute Gasteiger partial charge is 0.0981 e.